The van der Waals surface area contributed by atoms with Crippen molar-refractivity contribution >= 4 is 78.8 Å². The Labute approximate surface area is 234 Å². The first-order valence-electron chi connectivity index (χ1n) is 11.0. The summed E-state index contributed by atoms with van der Waals surface area (Å²) in [5.74, 6) is 0.858. The molecule has 0 saturated carbocycles. The lowest BCUT2D eigenvalue weighted by Crippen LogP contribution is -2.23. The van der Waals surface area contributed by atoms with Gasteiger partial charge in [-0.25, -0.2) is 4.98 Å². The number of carbonyl (C=O) groups excluding carboxylic acids is 1. The van der Waals surface area contributed by atoms with Crippen molar-refractivity contribution < 1.29 is 9.53 Å². The fourth-order valence-corrected chi connectivity index (χ4v) is 4.55. The highest BCUT2D eigenvalue weighted by molar-refractivity contribution is 14.1. The number of carbonyl (C=O) groups is 1. The lowest BCUT2D eigenvalue weighted by Gasteiger charge is -2.12. The number of halogens is 3. The monoisotopic (exact) mass is 678 g/mol. The van der Waals surface area contributed by atoms with E-state index < -0.39 is 0 Å². The SMILES string of the molecule is CC(C)c1nc2ccc(Br)cc2c(=O)n1N=Cc1ccc(OCC(=O)Nc2ccc(Cl)cc2)c(I)c1. The topological polar surface area (TPSA) is 85.6 Å². The summed E-state index contributed by atoms with van der Waals surface area (Å²) in [5.41, 5.74) is 1.81. The number of benzene rings is 3. The highest BCUT2D eigenvalue weighted by Gasteiger charge is 2.14. The van der Waals surface area contributed by atoms with E-state index in [-0.39, 0.29) is 24.0 Å². The van der Waals surface area contributed by atoms with Gasteiger partial charge in [-0.1, -0.05) is 41.4 Å². The van der Waals surface area contributed by atoms with Crippen molar-refractivity contribution in [3.05, 3.63) is 95.5 Å². The average Bonchev–Trinajstić information content (AvgIpc) is 2.84. The Morgan fingerprint density at radius 1 is 1.19 bits per heavy atom. The summed E-state index contributed by atoms with van der Waals surface area (Å²) in [6.45, 7) is 3.80. The molecule has 36 heavy (non-hydrogen) atoms. The van der Waals surface area contributed by atoms with Crippen LogP contribution in [0.1, 0.15) is 31.2 Å². The predicted molar refractivity (Wildman–Crippen MR) is 156 cm³/mol. The standard InChI is InChI=1S/C26H21BrClIN4O3/c1-15(2)25-32-22-9-4-17(27)12-20(22)26(35)33(25)30-13-16-3-10-23(21(29)11-16)36-14-24(34)31-19-7-5-18(28)6-8-19/h3-13,15H,14H2,1-2H3,(H,31,34). The number of hydrogen-bond donors (Lipinski definition) is 1. The molecule has 0 aliphatic rings. The van der Waals surface area contributed by atoms with E-state index in [0.717, 1.165) is 13.6 Å². The van der Waals surface area contributed by atoms with Gasteiger partial charge in [0.15, 0.2) is 6.61 Å². The Balaban J connectivity index is 1.50. The molecule has 0 saturated heterocycles. The fourth-order valence-electron chi connectivity index (χ4n) is 3.36. The van der Waals surface area contributed by atoms with Gasteiger partial charge in [0.25, 0.3) is 11.5 Å². The summed E-state index contributed by atoms with van der Waals surface area (Å²) in [7, 11) is 0. The van der Waals surface area contributed by atoms with Gasteiger partial charge < -0.3 is 10.1 Å². The van der Waals surface area contributed by atoms with Gasteiger partial charge in [-0.15, -0.1) is 0 Å². The van der Waals surface area contributed by atoms with Crippen molar-refractivity contribution in [2.45, 2.75) is 19.8 Å². The van der Waals surface area contributed by atoms with Crippen LogP contribution in [0.5, 0.6) is 5.75 Å². The number of rotatable bonds is 7. The number of hydrogen-bond acceptors (Lipinski definition) is 5. The minimum absolute atomic E-state index is 0.00201. The first-order valence-corrected chi connectivity index (χ1v) is 13.2. The maximum Gasteiger partial charge on any atom is 0.282 e. The molecule has 0 fully saturated rings. The molecule has 7 nitrogen and oxygen atoms in total. The van der Waals surface area contributed by atoms with Crippen molar-refractivity contribution in [2.75, 3.05) is 11.9 Å². The van der Waals surface area contributed by atoms with E-state index in [9.17, 15) is 9.59 Å². The zero-order chi connectivity index (χ0) is 25.8. The van der Waals surface area contributed by atoms with Crippen LogP contribution >= 0.6 is 50.1 Å². The number of ether oxygens (including phenoxy) is 1. The van der Waals surface area contributed by atoms with E-state index in [1.165, 1.54) is 4.68 Å². The largest absolute Gasteiger partial charge is 0.483 e. The smallest absolute Gasteiger partial charge is 0.282 e. The van der Waals surface area contributed by atoms with Gasteiger partial charge in [0.1, 0.15) is 11.6 Å². The van der Waals surface area contributed by atoms with Gasteiger partial charge >= 0.3 is 0 Å². The third kappa shape index (κ3) is 6.32. The molecule has 0 unspecified atom stereocenters. The number of aromatic nitrogens is 2. The maximum absolute atomic E-state index is 13.2. The highest BCUT2D eigenvalue weighted by atomic mass is 127. The van der Waals surface area contributed by atoms with Crippen LogP contribution in [-0.2, 0) is 4.79 Å². The van der Waals surface area contributed by atoms with Crippen molar-refractivity contribution in [2.24, 2.45) is 5.10 Å². The van der Waals surface area contributed by atoms with Crippen molar-refractivity contribution in [1.82, 2.24) is 9.66 Å². The van der Waals surface area contributed by atoms with Crippen molar-refractivity contribution in [3.63, 3.8) is 0 Å². The Hall–Kier alpha value is -2.76. The maximum atomic E-state index is 13.2. The van der Waals surface area contributed by atoms with E-state index >= 15 is 0 Å². The van der Waals surface area contributed by atoms with Crippen molar-refractivity contribution in [1.29, 1.82) is 0 Å². The summed E-state index contributed by atoms with van der Waals surface area (Å²) in [6.07, 6.45) is 1.61. The molecule has 0 aliphatic heterocycles. The molecule has 0 radical (unpaired) electrons. The Morgan fingerprint density at radius 2 is 1.94 bits per heavy atom. The van der Waals surface area contributed by atoms with Crippen LogP contribution < -0.4 is 15.6 Å². The van der Waals surface area contributed by atoms with Gasteiger partial charge in [0.2, 0.25) is 0 Å². The average molecular weight is 680 g/mol. The van der Waals surface area contributed by atoms with Crippen LogP contribution in [0.2, 0.25) is 5.02 Å². The molecule has 1 N–H and O–H groups in total. The number of anilines is 1. The van der Waals surface area contributed by atoms with Gasteiger partial charge in [-0.2, -0.15) is 9.78 Å². The molecule has 1 amide bonds. The van der Waals surface area contributed by atoms with Gasteiger partial charge in [0.05, 0.1) is 20.7 Å². The molecule has 0 aliphatic carbocycles. The molecule has 184 valence electrons. The van der Waals surface area contributed by atoms with E-state index in [2.05, 4.69) is 53.9 Å². The quantitative estimate of drug-likeness (QED) is 0.180. The summed E-state index contributed by atoms with van der Waals surface area (Å²) in [4.78, 5) is 30.0. The third-order valence-electron chi connectivity index (χ3n) is 5.11. The molecule has 4 aromatic rings. The van der Waals surface area contributed by atoms with Crippen LogP contribution in [0, 0.1) is 3.57 Å². The van der Waals surface area contributed by atoms with Crippen LogP contribution in [0.4, 0.5) is 5.69 Å². The lowest BCUT2D eigenvalue weighted by atomic mass is 10.2. The second-order valence-electron chi connectivity index (χ2n) is 8.18. The zero-order valence-electron chi connectivity index (χ0n) is 19.3. The van der Waals surface area contributed by atoms with E-state index in [1.54, 1.807) is 42.6 Å². The van der Waals surface area contributed by atoms with Gasteiger partial charge in [-0.3, -0.25) is 9.59 Å². The Kier molecular flexibility index (Phi) is 8.43. The third-order valence-corrected chi connectivity index (χ3v) is 6.70. The highest BCUT2D eigenvalue weighted by Crippen LogP contribution is 2.22. The lowest BCUT2D eigenvalue weighted by molar-refractivity contribution is -0.118. The molecule has 4 rings (SSSR count). The normalized spacial score (nSPS) is 11.4. The first-order chi connectivity index (χ1) is 17.2. The first kappa shape index (κ1) is 26.3. The molecule has 3 aromatic carbocycles. The Morgan fingerprint density at radius 3 is 2.64 bits per heavy atom. The van der Waals surface area contributed by atoms with E-state index in [1.807, 2.05) is 38.1 Å². The van der Waals surface area contributed by atoms with Gasteiger partial charge in [0, 0.05) is 21.1 Å². The fraction of sp³-hybridized carbons (Fsp3) is 0.154. The molecule has 0 atom stereocenters. The zero-order valence-corrected chi connectivity index (χ0v) is 23.8. The molecule has 1 heterocycles. The van der Waals surface area contributed by atoms with Crippen LogP contribution in [0.3, 0.4) is 0 Å². The number of amides is 1. The molecule has 0 spiro atoms. The van der Waals surface area contributed by atoms with E-state index in [4.69, 9.17) is 16.3 Å². The minimum atomic E-state index is -0.283. The second kappa shape index (κ2) is 11.5. The summed E-state index contributed by atoms with van der Waals surface area (Å²) < 4.78 is 8.63. The molecular formula is C26H21BrClIN4O3. The number of nitrogens with one attached hydrogen (secondary N) is 1. The summed E-state index contributed by atoms with van der Waals surface area (Å²) >= 11 is 11.4. The van der Waals surface area contributed by atoms with Crippen molar-refractivity contribution in [3.8, 4) is 5.75 Å². The molecule has 10 heteroatoms. The molecule has 0 bridgehead atoms. The number of nitrogens with zero attached hydrogens (tertiary/aromatic N) is 3. The minimum Gasteiger partial charge on any atom is -0.483 e. The van der Waals surface area contributed by atoms with Crippen LogP contribution in [-0.4, -0.2) is 28.4 Å². The summed E-state index contributed by atoms with van der Waals surface area (Å²) in [5, 5.41) is 8.30. The predicted octanol–water partition coefficient (Wildman–Crippen LogP) is 6.44. The van der Waals surface area contributed by atoms with E-state index in [0.29, 0.717) is 33.2 Å². The van der Waals surface area contributed by atoms with Gasteiger partial charge in [-0.05, 0) is 88.8 Å². The van der Waals surface area contributed by atoms with Crippen LogP contribution in [0.15, 0.2) is 75.0 Å². The Bertz CT molecular complexity index is 1520. The second-order valence-corrected chi connectivity index (χ2v) is 10.7. The summed E-state index contributed by atoms with van der Waals surface area (Å²) in [6, 6.07) is 17.7. The molecule has 1 aromatic heterocycles. The number of fused-ring (bicyclic) bond motifs is 1. The molecular weight excluding hydrogens is 659 g/mol. The van der Waals surface area contributed by atoms with Crippen LogP contribution in [0.25, 0.3) is 10.9 Å².